The minimum absolute atomic E-state index is 0.00445. The van der Waals surface area contributed by atoms with Crippen LogP contribution in [0.25, 0.3) is 11.3 Å². The molecular formula is C24H27N7O. The Hall–Kier alpha value is -3.52. The zero-order valence-corrected chi connectivity index (χ0v) is 18.4. The number of nitrogens with one attached hydrogen (secondary N) is 1. The predicted octanol–water partition coefficient (Wildman–Crippen LogP) is 3.35. The Bertz CT molecular complexity index is 1240. The van der Waals surface area contributed by atoms with Crippen molar-refractivity contribution < 1.29 is 4.79 Å². The van der Waals surface area contributed by atoms with Crippen LogP contribution >= 0.6 is 0 Å². The molecule has 1 N–H and O–H groups in total. The van der Waals surface area contributed by atoms with Gasteiger partial charge in [0.1, 0.15) is 5.82 Å². The van der Waals surface area contributed by atoms with E-state index in [1.54, 1.807) is 0 Å². The van der Waals surface area contributed by atoms with Crippen LogP contribution in [0.2, 0.25) is 0 Å². The van der Waals surface area contributed by atoms with Gasteiger partial charge < -0.3 is 5.32 Å². The summed E-state index contributed by atoms with van der Waals surface area (Å²) in [5, 5.41) is 16.4. The van der Waals surface area contributed by atoms with Crippen LogP contribution in [-0.2, 0) is 4.79 Å². The highest BCUT2D eigenvalue weighted by Gasteiger charge is 2.26. The third-order valence-electron chi connectivity index (χ3n) is 6.22. The Balaban J connectivity index is 1.20. The lowest BCUT2D eigenvalue weighted by Crippen LogP contribution is -2.39. The van der Waals surface area contributed by atoms with Gasteiger partial charge in [-0.15, -0.1) is 10.2 Å². The summed E-state index contributed by atoms with van der Waals surface area (Å²) in [7, 11) is 0. The lowest BCUT2D eigenvalue weighted by atomic mass is 9.96. The van der Waals surface area contributed by atoms with Gasteiger partial charge in [0.2, 0.25) is 5.91 Å². The van der Waals surface area contributed by atoms with Gasteiger partial charge in [0.25, 0.3) is 0 Å². The van der Waals surface area contributed by atoms with Crippen molar-refractivity contribution in [2.75, 3.05) is 25.0 Å². The van der Waals surface area contributed by atoms with E-state index in [0.717, 1.165) is 60.2 Å². The average molecular weight is 430 g/mol. The Labute approximate surface area is 186 Å². The first kappa shape index (κ1) is 20.4. The fraction of sp³-hybridized carbons (Fsp3) is 0.333. The van der Waals surface area contributed by atoms with Crippen molar-refractivity contribution in [3.8, 4) is 5.69 Å². The third kappa shape index (κ3) is 3.89. The molecular weight excluding hydrogens is 402 g/mol. The number of para-hydroxylation sites is 1. The summed E-state index contributed by atoms with van der Waals surface area (Å²) in [6.07, 6.45) is 3.95. The molecule has 0 atom stereocenters. The highest BCUT2D eigenvalue weighted by Crippen LogP contribution is 2.27. The van der Waals surface area contributed by atoms with E-state index in [-0.39, 0.29) is 5.91 Å². The van der Waals surface area contributed by atoms with E-state index in [1.807, 2.05) is 73.3 Å². The quantitative estimate of drug-likeness (QED) is 0.526. The van der Waals surface area contributed by atoms with Gasteiger partial charge in [0.05, 0.1) is 29.3 Å². The molecule has 0 bridgehead atoms. The van der Waals surface area contributed by atoms with Crippen molar-refractivity contribution in [2.24, 2.45) is 0 Å². The van der Waals surface area contributed by atoms with Crippen LogP contribution in [0.3, 0.4) is 0 Å². The van der Waals surface area contributed by atoms with Gasteiger partial charge in [-0.2, -0.15) is 5.10 Å². The molecule has 1 aliphatic rings. The van der Waals surface area contributed by atoms with Crippen molar-refractivity contribution in [2.45, 2.75) is 32.6 Å². The number of amides is 1. The number of aromatic nitrogens is 5. The number of rotatable bonds is 5. The minimum Gasteiger partial charge on any atom is -0.322 e. The summed E-state index contributed by atoms with van der Waals surface area (Å²) in [6, 6.07) is 15.9. The van der Waals surface area contributed by atoms with Gasteiger partial charge >= 0.3 is 0 Å². The molecule has 0 saturated carbocycles. The largest absolute Gasteiger partial charge is 0.322 e. The maximum Gasteiger partial charge on any atom is 0.238 e. The Morgan fingerprint density at radius 3 is 2.56 bits per heavy atom. The van der Waals surface area contributed by atoms with E-state index < -0.39 is 0 Å². The van der Waals surface area contributed by atoms with Crippen LogP contribution < -0.4 is 5.32 Å². The number of pyridine rings is 1. The molecule has 4 heterocycles. The number of hydrogen-bond donors (Lipinski definition) is 1. The molecule has 1 amide bonds. The molecule has 1 aromatic carbocycles. The van der Waals surface area contributed by atoms with E-state index in [0.29, 0.717) is 12.5 Å². The van der Waals surface area contributed by atoms with Gasteiger partial charge in [0.15, 0.2) is 5.65 Å². The van der Waals surface area contributed by atoms with Gasteiger partial charge in [-0.05, 0) is 64.0 Å². The zero-order chi connectivity index (χ0) is 22.1. The second-order valence-corrected chi connectivity index (χ2v) is 8.38. The summed E-state index contributed by atoms with van der Waals surface area (Å²) < 4.78 is 3.95. The maximum atomic E-state index is 12.8. The highest BCUT2D eigenvalue weighted by atomic mass is 16.2. The van der Waals surface area contributed by atoms with Gasteiger partial charge in [-0.1, -0.05) is 24.3 Å². The molecule has 0 unspecified atom stereocenters. The molecule has 5 rings (SSSR count). The topological polar surface area (TPSA) is 80.3 Å². The van der Waals surface area contributed by atoms with E-state index >= 15 is 0 Å². The molecule has 1 aliphatic heterocycles. The molecule has 3 aromatic heterocycles. The fourth-order valence-corrected chi connectivity index (χ4v) is 4.51. The van der Waals surface area contributed by atoms with Crippen LogP contribution in [0.15, 0.2) is 54.7 Å². The number of carbonyl (C=O) groups excluding carboxylic acids is 1. The molecule has 0 radical (unpaired) electrons. The number of carbonyl (C=O) groups is 1. The van der Waals surface area contributed by atoms with E-state index in [4.69, 9.17) is 0 Å². The molecule has 1 saturated heterocycles. The first-order chi connectivity index (χ1) is 15.6. The van der Waals surface area contributed by atoms with E-state index in [2.05, 4.69) is 29.9 Å². The highest BCUT2D eigenvalue weighted by molar-refractivity contribution is 5.93. The normalized spacial score (nSPS) is 15.3. The molecule has 0 spiro atoms. The second-order valence-electron chi connectivity index (χ2n) is 8.38. The lowest BCUT2D eigenvalue weighted by Gasteiger charge is -2.30. The number of anilines is 1. The standard InChI is InChI=1S/C24H27N7O/c1-17-23(18(2)31(28-17)20-8-4-3-5-9-20)25-22(32)16-29-14-11-19(12-15-29)24-27-26-21-10-6-7-13-30(21)24/h3-10,13,19H,11-12,14-16H2,1-2H3,(H,25,32). The van der Waals surface area contributed by atoms with Crippen LogP contribution in [0.5, 0.6) is 0 Å². The molecule has 164 valence electrons. The number of piperidine rings is 1. The second kappa shape index (κ2) is 8.55. The third-order valence-corrected chi connectivity index (χ3v) is 6.22. The summed E-state index contributed by atoms with van der Waals surface area (Å²) in [5.74, 6) is 1.37. The summed E-state index contributed by atoms with van der Waals surface area (Å²) in [6.45, 7) is 6.01. The molecule has 8 heteroatoms. The van der Waals surface area contributed by atoms with Crippen LogP contribution in [0.1, 0.15) is 36.0 Å². The number of nitrogens with zero attached hydrogens (tertiary/aromatic N) is 6. The zero-order valence-electron chi connectivity index (χ0n) is 18.4. The predicted molar refractivity (Wildman–Crippen MR) is 123 cm³/mol. The van der Waals surface area contributed by atoms with E-state index in [9.17, 15) is 4.79 Å². The summed E-state index contributed by atoms with van der Waals surface area (Å²) in [5.41, 5.74) is 4.41. The number of aryl methyl sites for hydroxylation is 1. The van der Waals surface area contributed by atoms with E-state index in [1.165, 1.54) is 0 Å². The molecule has 4 aromatic rings. The Morgan fingerprint density at radius 2 is 1.78 bits per heavy atom. The average Bonchev–Trinajstić information content (AvgIpc) is 3.37. The van der Waals surface area contributed by atoms with Crippen molar-refractivity contribution >= 4 is 17.2 Å². The SMILES string of the molecule is Cc1nn(-c2ccccc2)c(C)c1NC(=O)CN1CCC(c2nnc3ccccn23)CC1. The monoisotopic (exact) mass is 429 g/mol. The number of benzene rings is 1. The van der Waals surface area contributed by atoms with Crippen molar-refractivity contribution in [1.82, 2.24) is 29.3 Å². The number of likely N-dealkylation sites (tertiary alicyclic amines) is 1. The smallest absolute Gasteiger partial charge is 0.238 e. The van der Waals surface area contributed by atoms with Crippen LogP contribution in [0, 0.1) is 13.8 Å². The van der Waals surface area contributed by atoms with Crippen LogP contribution in [-0.4, -0.2) is 54.8 Å². The van der Waals surface area contributed by atoms with Crippen LogP contribution in [0.4, 0.5) is 5.69 Å². The number of fused-ring (bicyclic) bond motifs is 1. The molecule has 8 nitrogen and oxygen atoms in total. The summed E-state index contributed by atoms with van der Waals surface area (Å²) >= 11 is 0. The summed E-state index contributed by atoms with van der Waals surface area (Å²) in [4.78, 5) is 15.0. The van der Waals surface area contributed by atoms with Crippen molar-refractivity contribution in [3.05, 3.63) is 71.9 Å². The lowest BCUT2D eigenvalue weighted by molar-refractivity contribution is -0.117. The Morgan fingerprint density at radius 1 is 1.03 bits per heavy atom. The minimum atomic E-state index is -0.00445. The van der Waals surface area contributed by atoms with Gasteiger partial charge in [-0.25, -0.2) is 4.68 Å². The maximum absolute atomic E-state index is 12.8. The Kier molecular flexibility index (Phi) is 5.45. The molecule has 0 aliphatic carbocycles. The number of hydrogen-bond acceptors (Lipinski definition) is 5. The first-order valence-electron chi connectivity index (χ1n) is 11.0. The molecule has 1 fully saturated rings. The van der Waals surface area contributed by atoms with Crippen molar-refractivity contribution in [3.63, 3.8) is 0 Å². The van der Waals surface area contributed by atoms with Gasteiger partial charge in [-0.3, -0.25) is 14.1 Å². The fourth-order valence-electron chi connectivity index (χ4n) is 4.51. The van der Waals surface area contributed by atoms with Crippen molar-refractivity contribution in [1.29, 1.82) is 0 Å². The van der Waals surface area contributed by atoms with Gasteiger partial charge in [0, 0.05) is 12.1 Å². The first-order valence-corrected chi connectivity index (χ1v) is 11.0. The molecule has 32 heavy (non-hydrogen) atoms.